The molecule has 1 N–H and O–H groups in total. The van der Waals surface area contributed by atoms with Crippen LogP contribution in [0.25, 0.3) is 0 Å². The minimum atomic E-state index is -0.382. The first-order valence-electron chi connectivity index (χ1n) is 9.13. The van der Waals surface area contributed by atoms with E-state index < -0.39 is 0 Å². The molecule has 1 rings (SSSR count). The Morgan fingerprint density at radius 3 is 1.50 bits per heavy atom. The number of benzene rings is 1. The Bertz CT molecular complexity index is 478. The van der Waals surface area contributed by atoms with Crippen LogP contribution >= 0.6 is 0 Å². The molecule has 24 heavy (non-hydrogen) atoms. The van der Waals surface area contributed by atoms with Gasteiger partial charge in [-0.2, -0.15) is 0 Å². The lowest BCUT2D eigenvalue weighted by molar-refractivity contribution is -0.146. The quantitative estimate of drug-likeness (QED) is 0.636. The van der Waals surface area contributed by atoms with Gasteiger partial charge >= 0.3 is 0 Å². The van der Waals surface area contributed by atoms with E-state index in [0.717, 1.165) is 29.5 Å². The Morgan fingerprint density at radius 1 is 0.833 bits per heavy atom. The lowest BCUT2D eigenvalue weighted by Gasteiger charge is -2.30. The lowest BCUT2D eigenvalue weighted by atomic mass is 9.78. The fraction of sp³-hybridized carbons (Fsp3) is 0.714. The van der Waals surface area contributed by atoms with E-state index in [0.29, 0.717) is 19.0 Å². The fourth-order valence-electron chi connectivity index (χ4n) is 2.63. The molecule has 138 valence electrons. The van der Waals surface area contributed by atoms with Crippen LogP contribution in [0.1, 0.15) is 91.2 Å². The molecule has 0 amide bonds. The molecule has 0 atom stereocenters. The van der Waals surface area contributed by atoms with E-state index in [9.17, 15) is 5.11 Å². The summed E-state index contributed by atoms with van der Waals surface area (Å²) < 4.78 is 11.9. The van der Waals surface area contributed by atoms with E-state index in [4.69, 9.17) is 9.47 Å². The molecule has 0 heterocycles. The Hall–Kier alpha value is -1.06. The molecule has 0 spiro atoms. The second kappa shape index (κ2) is 8.35. The molecule has 0 fully saturated rings. The zero-order valence-corrected chi connectivity index (χ0v) is 16.8. The van der Waals surface area contributed by atoms with Crippen molar-refractivity contribution in [2.45, 2.75) is 85.4 Å². The molecule has 0 bridgehead atoms. The molecule has 0 aliphatic heterocycles. The number of aromatic hydroxyl groups is 1. The van der Waals surface area contributed by atoms with Crippen molar-refractivity contribution in [1.82, 2.24) is 0 Å². The Kier molecular flexibility index (Phi) is 7.30. The SMILES string of the molecule is CCCOC(OCCC)c1cc(C(C)(C)C)c(O)c(C(C)(C)C)c1. The summed E-state index contributed by atoms with van der Waals surface area (Å²) in [4.78, 5) is 0. The zero-order chi connectivity index (χ0) is 18.5. The van der Waals surface area contributed by atoms with E-state index in [1.54, 1.807) is 0 Å². The summed E-state index contributed by atoms with van der Waals surface area (Å²) in [6, 6.07) is 4.08. The molecule has 3 heteroatoms. The molecule has 0 radical (unpaired) electrons. The number of ether oxygens (including phenoxy) is 2. The Labute approximate surface area is 148 Å². The van der Waals surface area contributed by atoms with Crippen molar-refractivity contribution < 1.29 is 14.6 Å². The highest BCUT2D eigenvalue weighted by molar-refractivity contribution is 5.50. The summed E-state index contributed by atoms with van der Waals surface area (Å²) in [6.45, 7) is 18.2. The first kappa shape index (κ1) is 21.0. The van der Waals surface area contributed by atoms with Gasteiger partial charge in [0.15, 0.2) is 6.29 Å². The smallest absolute Gasteiger partial charge is 0.183 e. The number of rotatable bonds is 7. The molecular formula is C21H36O3. The summed E-state index contributed by atoms with van der Waals surface area (Å²) in [5.74, 6) is 0.392. The number of hydrogen-bond acceptors (Lipinski definition) is 3. The van der Waals surface area contributed by atoms with E-state index >= 15 is 0 Å². The van der Waals surface area contributed by atoms with E-state index in [1.807, 2.05) is 12.1 Å². The van der Waals surface area contributed by atoms with Gasteiger partial charge in [-0.05, 0) is 46.9 Å². The fourth-order valence-corrected chi connectivity index (χ4v) is 2.63. The Balaban J connectivity index is 3.43. The van der Waals surface area contributed by atoms with Gasteiger partial charge in [0.05, 0.1) is 0 Å². The molecule has 1 aromatic rings. The van der Waals surface area contributed by atoms with Gasteiger partial charge in [0.1, 0.15) is 5.75 Å². The van der Waals surface area contributed by atoms with Crippen LogP contribution < -0.4 is 0 Å². The monoisotopic (exact) mass is 336 g/mol. The molecule has 0 aliphatic carbocycles. The van der Waals surface area contributed by atoms with Crippen LogP contribution in [0.3, 0.4) is 0 Å². The normalized spacial score (nSPS) is 12.9. The topological polar surface area (TPSA) is 38.7 Å². The van der Waals surface area contributed by atoms with Crippen molar-refractivity contribution in [3.05, 3.63) is 28.8 Å². The second-order valence-corrected chi connectivity index (χ2v) is 8.54. The van der Waals surface area contributed by atoms with Gasteiger partial charge in [0, 0.05) is 18.8 Å². The van der Waals surface area contributed by atoms with Crippen molar-refractivity contribution in [2.75, 3.05) is 13.2 Å². The van der Waals surface area contributed by atoms with Gasteiger partial charge in [-0.25, -0.2) is 0 Å². The molecule has 1 aromatic carbocycles. The summed E-state index contributed by atoms with van der Waals surface area (Å²) in [6.07, 6.45) is 1.51. The van der Waals surface area contributed by atoms with Gasteiger partial charge in [-0.3, -0.25) is 0 Å². The Morgan fingerprint density at radius 2 is 1.21 bits per heavy atom. The average molecular weight is 337 g/mol. The van der Waals surface area contributed by atoms with E-state index in [2.05, 4.69) is 55.4 Å². The third-order valence-electron chi connectivity index (χ3n) is 3.97. The van der Waals surface area contributed by atoms with Crippen molar-refractivity contribution in [1.29, 1.82) is 0 Å². The van der Waals surface area contributed by atoms with Crippen LogP contribution in [0.4, 0.5) is 0 Å². The van der Waals surface area contributed by atoms with Crippen molar-refractivity contribution in [2.24, 2.45) is 0 Å². The molecule has 0 saturated heterocycles. The predicted molar refractivity (Wildman–Crippen MR) is 101 cm³/mol. The predicted octanol–water partition coefficient (Wildman–Crippen LogP) is 5.84. The summed E-state index contributed by atoms with van der Waals surface area (Å²) in [5.41, 5.74) is 2.56. The van der Waals surface area contributed by atoms with Crippen LogP contribution in [0.5, 0.6) is 5.75 Å². The lowest BCUT2D eigenvalue weighted by Crippen LogP contribution is -2.20. The van der Waals surface area contributed by atoms with Gasteiger partial charge in [0.25, 0.3) is 0 Å². The van der Waals surface area contributed by atoms with Gasteiger partial charge < -0.3 is 14.6 Å². The minimum Gasteiger partial charge on any atom is -0.507 e. The minimum absolute atomic E-state index is 0.153. The highest BCUT2D eigenvalue weighted by Gasteiger charge is 2.28. The number of phenols is 1. The molecule has 0 aliphatic rings. The molecule has 0 aromatic heterocycles. The van der Waals surface area contributed by atoms with Crippen molar-refractivity contribution >= 4 is 0 Å². The highest BCUT2D eigenvalue weighted by atomic mass is 16.7. The number of phenolic OH excluding ortho intramolecular Hbond substituents is 1. The van der Waals surface area contributed by atoms with E-state index in [-0.39, 0.29) is 17.1 Å². The number of hydrogen-bond donors (Lipinski definition) is 1. The maximum absolute atomic E-state index is 10.8. The first-order chi connectivity index (χ1) is 11.0. The second-order valence-electron chi connectivity index (χ2n) is 8.54. The highest BCUT2D eigenvalue weighted by Crippen LogP contribution is 2.41. The first-order valence-corrected chi connectivity index (χ1v) is 9.13. The van der Waals surface area contributed by atoms with Crippen LogP contribution in [0.15, 0.2) is 12.1 Å². The third-order valence-corrected chi connectivity index (χ3v) is 3.97. The van der Waals surface area contributed by atoms with Crippen molar-refractivity contribution in [3.63, 3.8) is 0 Å². The van der Waals surface area contributed by atoms with Gasteiger partial charge in [-0.1, -0.05) is 55.4 Å². The van der Waals surface area contributed by atoms with Crippen LogP contribution in [0, 0.1) is 0 Å². The zero-order valence-electron chi connectivity index (χ0n) is 16.8. The standard InChI is InChI=1S/C21H36O3/c1-9-11-23-19(24-12-10-2)15-13-16(20(3,4)5)18(22)17(14-15)21(6,7)8/h13-14,19,22H,9-12H2,1-8H3. The summed E-state index contributed by atoms with van der Waals surface area (Å²) in [5, 5.41) is 10.8. The van der Waals surface area contributed by atoms with Gasteiger partial charge in [0.2, 0.25) is 0 Å². The van der Waals surface area contributed by atoms with Crippen molar-refractivity contribution in [3.8, 4) is 5.75 Å². The van der Waals surface area contributed by atoms with Gasteiger partial charge in [-0.15, -0.1) is 0 Å². The molecule has 0 saturated carbocycles. The largest absolute Gasteiger partial charge is 0.507 e. The van der Waals surface area contributed by atoms with E-state index in [1.165, 1.54) is 0 Å². The maximum atomic E-state index is 10.8. The summed E-state index contributed by atoms with van der Waals surface area (Å²) >= 11 is 0. The molecule has 0 unspecified atom stereocenters. The molecular weight excluding hydrogens is 300 g/mol. The van der Waals surface area contributed by atoms with Crippen LogP contribution in [-0.2, 0) is 20.3 Å². The van der Waals surface area contributed by atoms with Crippen LogP contribution in [-0.4, -0.2) is 18.3 Å². The maximum Gasteiger partial charge on any atom is 0.183 e. The average Bonchev–Trinajstić information content (AvgIpc) is 2.45. The van der Waals surface area contributed by atoms with Crippen LogP contribution in [0.2, 0.25) is 0 Å². The molecule has 3 nitrogen and oxygen atoms in total. The third kappa shape index (κ3) is 5.49. The summed E-state index contributed by atoms with van der Waals surface area (Å²) in [7, 11) is 0.